The number of nitrogens with zero attached hydrogens (tertiary/aromatic N) is 2. The molecule has 9 heteroatoms. The summed E-state index contributed by atoms with van der Waals surface area (Å²) in [6, 6.07) is -0.563. The smallest absolute Gasteiger partial charge is 0.243 e. The number of sulfone groups is 1. The largest absolute Gasteiger partial charge is 0.368 e. The van der Waals surface area contributed by atoms with Crippen molar-refractivity contribution in [2.24, 2.45) is 5.73 Å². The van der Waals surface area contributed by atoms with Crippen molar-refractivity contribution < 1.29 is 17.7 Å². The van der Waals surface area contributed by atoms with Crippen LogP contribution in [-0.2, 0) is 14.6 Å². The lowest BCUT2D eigenvalue weighted by molar-refractivity contribution is 0.0677. The molecule has 7 nitrogen and oxygen atoms in total. The summed E-state index contributed by atoms with van der Waals surface area (Å²) in [5, 5.41) is 3.85. The van der Waals surface area contributed by atoms with Crippen LogP contribution in [0.25, 0.3) is 0 Å². The first-order valence-electron chi connectivity index (χ1n) is 5.92. The quantitative estimate of drug-likeness (QED) is 0.828. The Balaban J connectivity index is 1.95. The Morgan fingerprint density at radius 3 is 3.00 bits per heavy atom. The average Bonchev–Trinajstić information content (AvgIpc) is 2.86. The Morgan fingerprint density at radius 1 is 1.58 bits per heavy atom. The van der Waals surface area contributed by atoms with E-state index in [-0.39, 0.29) is 24.2 Å². The first kappa shape index (κ1) is 14.8. The monoisotopic (exact) mass is 307 g/mol. The van der Waals surface area contributed by atoms with Crippen molar-refractivity contribution in [3.8, 4) is 0 Å². The van der Waals surface area contributed by atoms with Gasteiger partial charge in [-0.05, 0) is 6.42 Å². The molecule has 1 aliphatic rings. The zero-order chi connectivity index (χ0) is 13.9. The average molecular weight is 307 g/mol. The molecule has 0 spiro atoms. The maximum atomic E-state index is 11.1. The predicted molar refractivity (Wildman–Crippen MR) is 71.6 cm³/mol. The Morgan fingerprint density at radius 2 is 2.37 bits per heavy atom. The van der Waals surface area contributed by atoms with E-state index < -0.39 is 15.9 Å². The Hall–Kier alpha value is -0.640. The van der Waals surface area contributed by atoms with Gasteiger partial charge in [-0.25, -0.2) is 8.42 Å². The lowest BCUT2D eigenvalue weighted by atomic mass is 10.2. The van der Waals surface area contributed by atoms with Gasteiger partial charge in [-0.2, -0.15) is 16.7 Å². The van der Waals surface area contributed by atoms with Gasteiger partial charge in [0.1, 0.15) is 15.9 Å². The van der Waals surface area contributed by atoms with E-state index in [9.17, 15) is 8.42 Å². The number of nitrogens with two attached hydrogens (primary N) is 1. The minimum atomic E-state index is -3.04. The van der Waals surface area contributed by atoms with Crippen LogP contribution in [0.3, 0.4) is 0 Å². The standard InChI is InChI=1S/C10H17N3O4S2/c1-19(14,15)5-2-7(11)10-12-9(13-17-10)8-6-18-4-3-16-8/h7-8H,2-6,11H2,1H3. The highest BCUT2D eigenvalue weighted by Crippen LogP contribution is 2.25. The van der Waals surface area contributed by atoms with Crippen molar-refractivity contribution in [3.05, 3.63) is 11.7 Å². The van der Waals surface area contributed by atoms with Gasteiger partial charge in [0.2, 0.25) is 11.7 Å². The van der Waals surface area contributed by atoms with Crippen molar-refractivity contribution in [2.45, 2.75) is 18.6 Å². The van der Waals surface area contributed by atoms with E-state index in [1.807, 2.05) is 0 Å². The third-order valence-electron chi connectivity index (χ3n) is 2.68. The number of hydrogen-bond acceptors (Lipinski definition) is 8. The minimum absolute atomic E-state index is 0.00165. The van der Waals surface area contributed by atoms with Gasteiger partial charge in [0.05, 0.1) is 18.4 Å². The van der Waals surface area contributed by atoms with Crippen molar-refractivity contribution in [2.75, 3.05) is 30.1 Å². The van der Waals surface area contributed by atoms with Crippen LogP contribution in [0.5, 0.6) is 0 Å². The summed E-state index contributed by atoms with van der Waals surface area (Å²) in [7, 11) is -3.04. The van der Waals surface area contributed by atoms with Crippen LogP contribution in [0.2, 0.25) is 0 Å². The summed E-state index contributed by atoms with van der Waals surface area (Å²) in [5.74, 6) is 2.50. The first-order chi connectivity index (χ1) is 8.96. The fraction of sp³-hybridized carbons (Fsp3) is 0.800. The second kappa shape index (κ2) is 6.21. The summed E-state index contributed by atoms with van der Waals surface area (Å²) in [6.45, 7) is 0.666. The molecular weight excluding hydrogens is 290 g/mol. The normalized spacial score (nSPS) is 22.3. The zero-order valence-electron chi connectivity index (χ0n) is 10.6. The van der Waals surface area contributed by atoms with Crippen LogP contribution in [0, 0.1) is 0 Å². The summed E-state index contributed by atoms with van der Waals surface area (Å²) < 4.78 is 32.8. The maximum Gasteiger partial charge on any atom is 0.243 e. The number of aromatic nitrogens is 2. The van der Waals surface area contributed by atoms with E-state index in [0.29, 0.717) is 12.4 Å². The molecule has 1 aromatic rings. The van der Waals surface area contributed by atoms with Gasteiger partial charge in [-0.15, -0.1) is 0 Å². The van der Waals surface area contributed by atoms with Crippen LogP contribution in [-0.4, -0.2) is 48.7 Å². The van der Waals surface area contributed by atoms with Crippen LogP contribution in [0.4, 0.5) is 0 Å². The summed E-state index contributed by atoms with van der Waals surface area (Å²) in [4.78, 5) is 4.20. The molecule has 108 valence electrons. The molecule has 0 radical (unpaired) electrons. The van der Waals surface area contributed by atoms with Crippen LogP contribution in [0.1, 0.15) is 30.3 Å². The minimum Gasteiger partial charge on any atom is -0.368 e. The van der Waals surface area contributed by atoms with Crippen molar-refractivity contribution in [1.82, 2.24) is 10.1 Å². The summed E-state index contributed by atoms with van der Waals surface area (Å²) >= 11 is 1.77. The van der Waals surface area contributed by atoms with Gasteiger partial charge < -0.3 is 15.0 Å². The van der Waals surface area contributed by atoms with Gasteiger partial charge in [-0.3, -0.25) is 0 Å². The molecule has 2 atom stereocenters. The van der Waals surface area contributed by atoms with Crippen molar-refractivity contribution in [3.63, 3.8) is 0 Å². The van der Waals surface area contributed by atoms with Crippen LogP contribution < -0.4 is 5.73 Å². The molecule has 1 aliphatic heterocycles. The topological polar surface area (TPSA) is 108 Å². The lowest BCUT2D eigenvalue weighted by Crippen LogP contribution is -2.18. The maximum absolute atomic E-state index is 11.1. The van der Waals surface area contributed by atoms with E-state index in [1.54, 1.807) is 11.8 Å². The summed E-state index contributed by atoms with van der Waals surface area (Å²) in [5.41, 5.74) is 5.84. The van der Waals surface area contributed by atoms with Gasteiger partial charge in [0.25, 0.3) is 0 Å². The Bertz CT molecular complexity index is 511. The first-order valence-corrected chi connectivity index (χ1v) is 9.13. The third-order valence-corrected chi connectivity index (χ3v) is 4.65. The number of hydrogen-bond donors (Lipinski definition) is 1. The van der Waals surface area contributed by atoms with Gasteiger partial charge in [0.15, 0.2) is 0 Å². The number of thioether (sulfide) groups is 1. The number of rotatable bonds is 5. The van der Waals surface area contributed by atoms with E-state index >= 15 is 0 Å². The highest BCUT2D eigenvalue weighted by Gasteiger charge is 2.24. The molecule has 1 fully saturated rings. The summed E-state index contributed by atoms with van der Waals surface area (Å²) in [6.07, 6.45) is 1.27. The molecule has 0 aromatic carbocycles. The molecule has 19 heavy (non-hydrogen) atoms. The molecule has 2 N–H and O–H groups in total. The second-order valence-electron chi connectivity index (χ2n) is 4.45. The molecule has 1 aromatic heterocycles. The molecule has 0 saturated carbocycles. The second-order valence-corrected chi connectivity index (χ2v) is 7.86. The van der Waals surface area contributed by atoms with Crippen molar-refractivity contribution in [1.29, 1.82) is 0 Å². The molecule has 2 heterocycles. The molecule has 2 unspecified atom stereocenters. The SMILES string of the molecule is CS(=O)(=O)CCC(N)c1nc(C2CSCCO2)no1. The molecule has 2 rings (SSSR count). The van der Waals surface area contributed by atoms with E-state index in [4.69, 9.17) is 15.0 Å². The molecule has 0 aliphatic carbocycles. The van der Waals surface area contributed by atoms with Gasteiger partial charge in [0, 0.05) is 17.8 Å². The lowest BCUT2D eigenvalue weighted by Gasteiger charge is -2.18. The molecular formula is C10H17N3O4S2. The fourth-order valence-corrected chi connectivity index (χ4v) is 3.15. The highest BCUT2D eigenvalue weighted by molar-refractivity contribution is 7.99. The molecule has 0 bridgehead atoms. The van der Waals surface area contributed by atoms with Crippen molar-refractivity contribution >= 4 is 21.6 Å². The zero-order valence-corrected chi connectivity index (χ0v) is 12.2. The molecule has 0 amide bonds. The molecule has 1 saturated heterocycles. The Labute approximate surface area is 116 Å². The Kier molecular flexibility index (Phi) is 4.82. The van der Waals surface area contributed by atoms with E-state index in [1.165, 1.54) is 6.26 Å². The van der Waals surface area contributed by atoms with Crippen LogP contribution >= 0.6 is 11.8 Å². The van der Waals surface area contributed by atoms with E-state index in [2.05, 4.69) is 10.1 Å². The highest BCUT2D eigenvalue weighted by atomic mass is 32.2. The number of ether oxygens (including phenoxy) is 1. The predicted octanol–water partition coefficient (Wildman–Crippen LogP) is 0.309. The van der Waals surface area contributed by atoms with Crippen LogP contribution in [0.15, 0.2) is 4.52 Å². The van der Waals surface area contributed by atoms with Gasteiger partial charge >= 0.3 is 0 Å². The van der Waals surface area contributed by atoms with E-state index in [0.717, 1.165) is 11.5 Å². The fourth-order valence-electron chi connectivity index (χ4n) is 1.63. The third kappa shape index (κ3) is 4.44. The van der Waals surface area contributed by atoms with Gasteiger partial charge in [-0.1, -0.05) is 5.16 Å².